The van der Waals surface area contributed by atoms with Crippen LogP contribution in [0.4, 0.5) is 18.9 Å². The van der Waals surface area contributed by atoms with Crippen LogP contribution in [0.15, 0.2) is 29.4 Å². The second-order valence-corrected chi connectivity index (χ2v) is 5.78. The third kappa shape index (κ3) is 4.34. The van der Waals surface area contributed by atoms with Crippen molar-refractivity contribution in [3.05, 3.63) is 35.7 Å². The Morgan fingerprint density at radius 2 is 1.83 bits per heavy atom. The average molecular weight is 358 g/mol. The Morgan fingerprint density at radius 3 is 2.33 bits per heavy atom. The number of hydrogen-bond donors (Lipinski definition) is 1. The maximum absolute atomic E-state index is 12.6. The molecule has 24 heavy (non-hydrogen) atoms. The molecule has 1 N–H and O–H groups in total. The Bertz CT molecular complexity index is 756. The normalized spacial score (nSPS) is 11.4. The molecule has 1 aromatic carbocycles. The Hall–Kier alpha value is -2.36. The third-order valence-corrected chi connectivity index (χ3v) is 3.97. The number of nitrogens with zero attached hydrogens (tertiary/aromatic N) is 3. The lowest BCUT2D eigenvalue weighted by Crippen LogP contribution is -2.13. The molecule has 0 radical (unpaired) electrons. The molecular weight excluding hydrogens is 345 g/mol. The largest absolute Gasteiger partial charge is 0.451 e. The number of hydrogen-bond acceptors (Lipinski definition) is 5. The van der Waals surface area contributed by atoms with Gasteiger partial charge >= 0.3 is 6.18 Å². The van der Waals surface area contributed by atoms with Gasteiger partial charge in [-0.15, -0.1) is 10.2 Å². The van der Waals surface area contributed by atoms with E-state index in [4.69, 9.17) is 0 Å². The maximum Gasteiger partial charge on any atom is 0.451 e. The van der Waals surface area contributed by atoms with Crippen molar-refractivity contribution in [3.63, 3.8) is 0 Å². The smallest absolute Gasteiger partial charge is 0.326 e. The van der Waals surface area contributed by atoms with Gasteiger partial charge in [0, 0.05) is 25.2 Å². The van der Waals surface area contributed by atoms with Gasteiger partial charge in [-0.2, -0.15) is 13.2 Å². The fraction of sp³-hybridized carbons (Fsp3) is 0.286. The van der Waals surface area contributed by atoms with Gasteiger partial charge in [0.15, 0.2) is 10.9 Å². The number of nitrogens with one attached hydrogen (secondary N) is 1. The molecule has 1 aromatic heterocycles. The molecular formula is C14H13F3N4O2S. The number of amides is 1. The number of alkyl halides is 3. The van der Waals surface area contributed by atoms with Crippen LogP contribution >= 0.6 is 11.8 Å². The minimum Gasteiger partial charge on any atom is -0.326 e. The predicted octanol–water partition coefficient (Wildman–Crippen LogP) is 2.77. The molecule has 0 spiro atoms. The number of halogens is 3. The van der Waals surface area contributed by atoms with Crippen molar-refractivity contribution in [1.82, 2.24) is 14.8 Å². The summed E-state index contributed by atoms with van der Waals surface area (Å²) in [4.78, 5) is 23.0. The fourth-order valence-electron chi connectivity index (χ4n) is 1.84. The molecule has 0 bridgehead atoms. The summed E-state index contributed by atoms with van der Waals surface area (Å²) in [5.41, 5.74) is 0.935. The first-order valence-corrected chi connectivity index (χ1v) is 7.67. The minimum atomic E-state index is -4.59. The molecule has 0 fully saturated rings. The number of carbonyl (C=O) groups excluding carboxylic acids is 2. The lowest BCUT2D eigenvalue weighted by molar-refractivity contribution is -0.147. The summed E-state index contributed by atoms with van der Waals surface area (Å²) < 4.78 is 38.7. The highest BCUT2D eigenvalue weighted by atomic mass is 32.2. The van der Waals surface area contributed by atoms with Gasteiger partial charge in [0.25, 0.3) is 0 Å². The molecule has 0 saturated carbocycles. The van der Waals surface area contributed by atoms with Crippen LogP contribution in [0, 0.1) is 0 Å². The molecule has 2 rings (SSSR count). The zero-order chi connectivity index (χ0) is 17.9. The number of anilines is 1. The number of benzene rings is 1. The van der Waals surface area contributed by atoms with Crippen molar-refractivity contribution in [2.45, 2.75) is 18.3 Å². The Balaban J connectivity index is 2.01. The van der Waals surface area contributed by atoms with Crippen LogP contribution in [0.2, 0.25) is 0 Å². The lowest BCUT2D eigenvalue weighted by Gasteiger charge is -2.06. The number of ketones is 1. The van der Waals surface area contributed by atoms with Gasteiger partial charge in [-0.3, -0.25) is 9.59 Å². The van der Waals surface area contributed by atoms with Gasteiger partial charge in [-0.05, 0) is 24.3 Å². The van der Waals surface area contributed by atoms with E-state index < -0.39 is 12.0 Å². The van der Waals surface area contributed by atoms with Crippen molar-refractivity contribution in [2.75, 3.05) is 11.1 Å². The summed E-state index contributed by atoms with van der Waals surface area (Å²) in [5.74, 6) is -1.70. The number of rotatable bonds is 5. The number of thioether (sulfide) groups is 1. The van der Waals surface area contributed by atoms with Crippen LogP contribution in [-0.2, 0) is 18.0 Å². The highest BCUT2D eigenvalue weighted by Crippen LogP contribution is 2.29. The quantitative estimate of drug-likeness (QED) is 0.657. The molecule has 0 aliphatic rings. The van der Waals surface area contributed by atoms with E-state index in [1.54, 1.807) is 12.1 Å². The maximum atomic E-state index is 12.6. The summed E-state index contributed by atoms with van der Waals surface area (Å²) in [7, 11) is 1.19. The van der Waals surface area contributed by atoms with E-state index in [1.807, 2.05) is 0 Å². The van der Waals surface area contributed by atoms with E-state index >= 15 is 0 Å². The highest BCUT2D eigenvalue weighted by molar-refractivity contribution is 7.99. The molecule has 0 unspecified atom stereocenters. The third-order valence-electron chi connectivity index (χ3n) is 2.95. The molecule has 0 saturated heterocycles. The van der Waals surface area contributed by atoms with E-state index in [0.717, 1.165) is 16.3 Å². The van der Waals surface area contributed by atoms with Crippen LogP contribution in [0.5, 0.6) is 0 Å². The van der Waals surface area contributed by atoms with Crippen LogP contribution in [0.25, 0.3) is 0 Å². The second kappa shape index (κ2) is 7.04. The van der Waals surface area contributed by atoms with Gasteiger partial charge in [0.05, 0.1) is 5.75 Å². The molecule has 10 heteroatoms. The molecule has 128 valence electrons. The minimum absolute atomic E-state index is 0.00513. The molecule has 1 heterocycles. The second-order valence-electron chi connectivity index (χ2n) is 4.83. The van der Waals surface area contributed by atoms with Gasteiger partial charge in [0.2, 0.25) is 11.7 Å². The summed E-state index contributed by atoms with van der Waals surface area (Å²) in [5, 5.41) is 9.12. The zero-order valence-electron chi connectivity index (χ0n) is 12.7. The molecule has 2 aromatic rings. The van der Waals surface area contributed by atoms with E-state index in [-0.39, 0.29) is 22.6 Å². The Labute approximate surface area is 139 Å². The van der Waals surface area contributed by atoms with E-state index in [9.17, 15) is 22.8 Å². The van der Waals surface area contributed by atoms with Crippen molar-refractivity contribution < 1.29 is 22.8 Å². The monoisotopic (exact) mass is 358 g/mol. The summed E-state index contributed by atoms with van der Waals surface area (Å²) in [6.07, 6.45) is -4.59. The lowest BCUT2D eigenvalue weighted by atomic mass is 10.1. The van der Waals surface area contributed by atoms with Gasteiger partial charge in [0.1, 0.15) is 0 Å². The first kappa shape index (κ1) is 18.0. The van der Waals surface area contributed by atoms with E-state index in [2.05, 4.69) is 15.5 Å². The predicted molar refractivity (Wildman–Crippen MR) is 81.8 cm³/mol. The van der Waals surface area contributed by atoms with Gasteiger partial charge in [-0.1, -0.05) is 11.8 Å². The molecule has 1 amide bonds. The van der Waals surface area contributed by atoms with Crippen molar-refractivity contribution >= 4 is 29.1 Å². The first-order chi connectivity index (χ1) is 11.2. The summed E-state index contributed by atoms with van der Waals surface area (Å²) >= 11 is 0.872. The molecule has 0 aliphatic carbocycles. The van der Waals surface area contributed by atoms with Crippen molar-refractivity contribution in [3.8, 4) is 0 Å². The van der Waals surface area contributed by atoms with E-state index in [0.29, 0.717) is 11.3 Å². The first-order valence-electron chi connectivity index (χ1n) is 6.68. The van der Waals surface area contributed by atoms with Gasteiger partial charge in [-0.25, -0.2) is 0 Å². The number of aromatic nitrogens is 3. The molecule has 0 aliphatic heterocycles. The highest BCUT2D eigenvalue weighted by Gasteiger charge is 2.37. The van der Waals surface area contributed by atoms with Gasteiger partial charge < -0.3 is 9.88 Å². The topological polar surface area (TPSA) is 76.9 Å². The van der Waals surface area contributed by atoms with Crippen molar-refractivity contribution in [2.24, 2.45) is 7.05 Å². The van der Waals surface area contributed by atoms with Crippen LogP contribution < -0.4 is 5.32 Å². The summed E-state index contributed by atoms with van der Waals surface area (Å²) in [6.45, 7) is 1.37. The Morgan fingerprint density at radius 1 is 1.21 bits per heavy atom. The molecule has 6 nitrogen and oxygen atoms in total. The SMILES string of the molecule is CC(=O)Nc1ccc(C(=O)CSc2nnc(C(F)(F)F)n2C)cc1. The average Bonchev–Trinajstić information content (AvgIpc) is 2.86. The zero-order valence-corrected chi connectivity index (χ0v) is 13.5. The number of Topliss-reactive ketones (excluding diaryl/α,β-unsaturated/α-hetero) is 1. The molecule has 0 atom stereocenters. The standard InChI is InChI=1S/C14H13F3N4O2S/c1-8(22)18-10-5-3-9(4-6-10)11(23)7-24-13-20-19-12(21(13)2)14(15,16)17/h3-6H,7H2,1-2H3,(H,18,22). The summed E-state index contributed by atoms with van der Waals surface area (Å²) in [6, 6.07) is 6.21. The fourth-order valence-corrected chi connectivity index (χ4v) is 2.65. The van der Waals surface area contributed by atoms with Crippen molar-refractivity contribution in [1.29, 1.82) is 0 Å². The Kier molecular flexibility index (Phi) is 5.27. The number of carbonyl (C=O) groups is 2. The van der Waals surface area contributed by atoms with E-state index in [1.165, 1.54) is 26.1 Å². The van der Waals surface area contributed by atoms with Crippen LogP contribution in [-0.4, -0.2) is 32.2 Å². The van der Waals surface area contributed by atoms with Crippen LogP contribution in [0.1, 0.15) is 23.1 Å². The van der Waals surface area contributed by atoms with Crippen LogP contribution in [0.3, 0.4) is 0 Å².